The zero-order valence-electron chi connectivity index (χ0n) is 10.7. The smallest absolute Gasteiger partial charge is 0.196 e. The van der Waals surface area contributed by atoms with Gasteiger partial charge in [-0.05, 0) is 25.1 Å². The standard InChI is InChI=1S/C14H16Cl2N2O/c1-2-7-17-8-6-13-18-9-12(19-13)10-4-3-5-11(15)14(10)16/h3-5,9,17H,2,6-8H2,1H3. The molecule has 0 aliphatic heterocycles. The first-order valence-corrected chi connectivity index (χ1v) is 7.07. The van der Waals surface area contributed by atoms with E-state index in [-0.39, 0.29) is 0 Å². The van der Waals surface area contributed by atoms with Gasteiger partial charge in [-0.15, -0.1) is 0 Å². The third-order valence-corrected chi connectivity index (χ3v) is 3.53. The Bertz CT molecular complexity index is 540. The van der Waals surface area contributed by atoms with E-state index >= 15 is 0 Å². The van der Waals surface area contributed by atoms with E-state index in [4.69, 9.17) is 27.6 Å². The van der Waals surface area contributed by atoms with Crippen LogP contribution in [0, 0.1) is 0 Å². The van der Waals surface area contributed by atoms with Crippen molar-refractivity contribution in [2.24, 2.45) is 0 Å². The molecule has 2 aromatic rings. The number of rotatable bonds is 6. The van der Waals surface area contributed by atoms with Gasteiger partial charge < -0.3 is 9.73 Å². The molecule has 0 atom stereocenters. The number of hydrogen-bond donors (Lipinski definition) is 1. The van der Waals surface area contributed by atoms with Crippen LogP contribution in [-0.4, -0.2) is 18.1 Å². The van der Waals surface area contributed by atoms with Gasteiger partial charge in [0.2, 0.25) is 0 Å². The van der Waals surface area contributed by atoms with Gasteiger partial charge in [0.15, 0.2) is 11.7 Å². The van der Waals surface area contributed by atoms with Crippen molar-refractivity contribution in [1.29, 1.82) is 0 Å². The van der Waals surface area contributed by atoms with Crippen molar-refractivity contribution in [2.45, 2.75) is 19.8 Å². The minimum Gasteiger partial charge on any atom is -0.441 e. The Morgan fingerprint density at radius 2 is 2.11 bits per heavy atom. The molecule has 0 fully saturated rings. The topological polar surface area (TPSA) is 38.1 Å². The average molecular weight is 299 g/mol. The fraction of sp³-hybridized carbons (Fsp3) is 0.357. The molecule has 1 heterocycles. The molecular formula is C14H16Cl2N2O. The molecule has 0 spiro atoms. The van der Waals surface area contributed by atoms with Gasteiger partial charge in [-0.1, -0.05) is 36.2 Å². The fourth-order valence-corrected chi connectivity index (χ4v) is 2.14. The molecule has 0 amide bonds. The van der Waals surface area contributed by atoms with Crippen LogP contribution >= 0.6 is 23.2 Å². The van der Waals surface area contributed by atoms with Gasteiger partial charge in [-0.2, -0.15) is 0 Å². The van der Waals surface area contributed by atoms with Crippen molar-refractivity contribution in [2.75, 3.05) is 13.1 Å². The lowest BCUT2D eigenvalue weighted by atomic mass is 10.2. The highest BCUT2D eigenvalue weighted by atomic mass is 35.5. The van der Waals surface area contributed by atoms with Crippen LogP contribution in [0.15, 0.2) is 28.8 Å². The maximum atomic E-state index is 6.15. The van der Waals surface area contributed by atoms with E-state index in [1.54, 1.807) is 12.3 Å². The molecule has 0 saturated carbocycles. The summed E-state index contributed by atoms with van der Waals surface area (Å²) in [7, 11) is 0. The highest BCUT2D eigenvalue weighted by Gasteiger charge is 2.11. The molecular weight excluding hydrogens is 283 g/mol. The van der Waals surface area contributed by atoms with Crippen LogP contribution in [0.2, 0.25) is 10.0 Å². The Labute approximate surface area is 122 Å². The molecule has 19 heavy (non-hydrogen) atoms. The number of nitrogens with one attached hydrogen (secondary N) is 1. The number of hydrogen-bond acceptors (Lipinski definition) is 3. The third kappa shape index (κ3) is 3.72. The summed E-state index contributed by atoms with van der Waals surface area (Å²) in [6.07, 6.45) is 3.57. The summed E-state index contributed by atoms with van der Waals surface area (Å²) in [5.41, 5.74) is 0.773. The largest absolute Gasteiger partial charge is 0.441 e. The van der Waals surface area contributed by atoms with Gasteiger partial charge in [0, 0.05) is 18.5 Å². The van der Waals surface area contributed by atoms with E-state index in [0.29, 0.717) is 21.7 Å². The Morgan fingerprint density at radius 1 is 1.26 bits per heavy atom. The van der Waals surface area contributed by atoms with Gasteiger partial charge in [0.25, 0.3) is 0 Å². The van der Waals surface area contributed by atoms with Crippen LogP contribution in [0.1, 0.15) is 19.2 Å². The van der Waals surface area contributed by atoms with Gasteiger partial charge in [0.05, 0.1) is 16.2 Å². The van der Waals surface area contributed by atoms with Crippen LogP contribution in [0.5, 0.6) is 0 Å². The number of oxazole rings is 1. The lowest BCUT2D eigenvalue weighted by Gasteiger charge is -2.02. The van der Waals surface area contributed by atoms with Crippen LogP contribution < -0.4 is 5.32 Å². The van der Waals surface area contributed by atoms with Crippen LogP contribution in [-0.2, 0) is 6.42 Å². The normalized spacial score (nSPS) is 10.9. The van der Waals surface area contributed by atoms with E-state index in [1.807, 2.05) is 12.1 Å². The summed E-state index contributed by atoms with van der Waals surface area (Å²) in [5.74, 6) is 1.35. The first-order chi connectivity index (χ1) is 9.22. The molecule has 0 unspecified atom stereocenters. The molecule has 102 valence electrons. The maximum Gasteiger partial charge on any atom is 0.196 e. The molecule has 0 saturated heterocycles. The van der Waals surface area contributed by atoms with Crippen molar-refractivity contribution < 1.29 is 4.42 Å². The minimum atomic E-state index is 0.496. The maximum absolute atomic E-state index is 6.15. The lowest BCUT2D eigenvalue weighted by molar-refractivity contribution is 0.495. The predicted molar refractivity (Wildman–Crippen MR) is 78.8 cm³/mol. The second-order valence-corrected chi connectivity index (χ2v) is 5.00. The van der Waals surface area contributed by atoms with Gasteiger partial charge >= 0.3 is 0 Å². The van der Waals surface area contributed by atoms with E-state index < -0.39 is 0 Å². The molecule has 1 aromatic heterocycles. The quantitative estimate of drug-likeness (QED) is 0.813. The highest BCUT2D eigenvalue weighted by Crippen LogP contribution is 2.33. The van der Waals surface area contributed by atoms with E-state index in [1.165, 1.54) is 0 Å². The zero-order valence-corrected chi connectivity index (χ0v) is 12.3. The molecule has 0 bridgehead atoms. The van der Waals surface area contributed by atoms with Gasteiger partial charge in [0.1, 0.15) is 0 Å². The SMILES string of the molecule is CCCNCCc1ncc(-c2cccc(Cl)c2Cl)o1. The number of halogens is 2. The Morgan fingerprint density at radius 3 is 2.89 bits per heavy atom. The molecule has 0 aliphatic carbocycles. The Hall–Kier alpha value is -1.03. The molecule has 0 radical (unpaired) electrons. The van der Waals surface area contributed by atoms with E-state index in [0.717, 1.165) is 31.5 Å². The van der Waals surface area contributed by atoms with Crippen molar-refractivity contribution in [3.05, 3.63) is 40.3 Å². The molecule has 2 rings (SSSR count). The number of benzene rings is 1. The molecule has 5 heteroatoms. The summed E-state index contributed by atoms with van der Waals surface area (Å²) >= 11 is 12.1. The zero-order chi connectivity index (χ0) is 13.7. The van der Waals surface area contributed by atoms with Crippen LogP contribution in [0.25, 0.3) is 11.3 Å². The Kier molecular flexibility index (Phi) is 5.25. The summed E-state index contributed by atoms with van der Waals surface area (Å²) in [6, 6.07) is 5.46. The van der Waals surface area contributed by atoms with Gasteiger partial charge in [-0.3, -0.25) is 0 Å². The average Bonchev–Trinajstić information content (AvgIpc) is 2.87. The van der Waals surface area contributed by atoms with E-state index in [9.17, 15) is 0 Å². The predicted octanol–water partition coefficient (Wildman–Crippen LogP) is 4.19. The minimum absolute atomic E-state index is 0.496. The van der Waals surface area contributed by atoms with Crippen molar-refractivity contribution in [1.82, 2.24) is 10.3 Å². The van der Waals surface area contributed by atoms with Crippen molar-refractivity contribution in [3.63, 3.8) is 0 Å². The number of aromatic nitrogens is 1. The van der Waals surface area contributed by atoms with E-state index in [2.05, 4.69) is 17.2 Å². The lowest BCUT2D eigenvalue weighted by Crippen LogP contribution is -2.17. The first kappa shape index (κ1) is 14.4. The number of nitrogens with zero attached hydrogens (tertiary/aromatic N) is 1. The third-order valence-electron chi connectivity index (χ3n) is 2.71. The first-order valence-electron chi connectivity index (χ1n) is 6.32. The second-order valence-electron chi connectivity index (χ2n) is 4.22. The van der Waals surface area contributed by atoms with Crippen LogP contribution in [0.4, 0.5) is 0 Å². The fourth-order valence-electron chi connectivity index (χ4n) is 1.74. The van der Waals surface area contributed by atoms with Crippen molar-refractivity contribution >= 4 is 23.2 Å². The monoisotopic (exact) mass is 298 g/mol. The van der Waals surface area contributed by atoms with Gasteiger partial charge in [-0.25, -0.2) is 4.98 Å². The van der Waals surface area contributed by atoms with Crippen LogP contribution in [0.3, 0.4) is 0 Å². The second kappa shape index (κ2) is 6.94. The highest BCUT2D eigenvalue weighted by molar-refractivity contribution is 6.43. The molecule has 1 aromatic carbocycles. The summed E-state index contributed by atoms with van der Waals surface area (Å²) in [5, 5.41) is 4.32. The molecule has 0 aliphatic rings. The summed E-state index contributed by atoms with van der Waals surface area (Å²) in [6.45, 7) is 4.00. The van der Waals surface area contributed by atoms with Crippen molar-refractivity contribution in [3.8, 4) is 11.3 Å². The molecule has 3 nitrogen and oxygen atoms in total. The molecule has 1 N–H and O–H groups in total. The Balaban J connectivity index is 2.06. The summed E-state index contributed by atoms with van der Waals surface area (Å²) in [4.78, 5) is 4.25. The summed E-state index contributed by atoms with van der Waals surface area (Å²) < 4.78 is 5.69.